The van der Waals surface area contributed by atoms with Crippen LogP contribution in [0, 0.1) is 6.92 Å². The average molecular weight is 329 g/mol. The Morgan fingerprint density at radius 2 is 2.21 bits per heavy atom. The molecule has 0 aliphatic carbocycles. The van der Waals surface area contributed by atoms with E-state index in [1.807, 2.05) is 0 Å². The van der Waals surface area contributed by atoms with Crippen molar-refractivity contribution in [2.75, 3.05) is 11.9 Å². The Hall–Kier alpha value is -3.36. The van der Waals surface area contributed by atoms with E-state index in [4.69, 9.17) is 8.94 Å². The summed E-state index contributed by atoms with van der Waals surface area (Å²) in [5.74, 6) is -0.294. The number of nitrogens with one attached hydrogen (secondary N) is 2. The van der Waals surface area contributed by atoms with Crippen molar-refractivity contribution in [2.45, 2.75) is 13.0 Å². The van der Waals surface area contributed by atoms with E-state index in [-0.39, 0.29) is 18.4 Å². The molecule has 3 rings (SSSR count). The van der Waals surface area contributed by atoms with Crippen molar-refractivity contribution in [1.29, 1.82) is 0 Å². The van der Waals surface area contributed by atoms with Gasteiger partial charge in [0.1, 0.15) is 17.6 Å². The molecule has 0 saturated heterocycles. The first kappa shape index (κ1) is 15.5. The molecule has 0 aliphatic rings. The van der Waals surface area contributed by atoms with Crippen LogP contribution in [0.15, 0.2) is 51.9 Å². The second-order valence-corrected chi connectivity index (χ2v) is 5.00. The van der Waals surface area contributed by atoms with E-state index in [1.165, 1.54) is 12.3 Å². The number of amides is 2. The molecule has 1 unspecified atom stereocenters. The van der Waals surface area contributed by atoms with Gasteiger partial charge in [-0.1, -0.05) is 5.16 Å². The average Bonchev–Trinajstić information content (AvgIpc) is 3.30. The Morgan fingerprint density at radius 3 is 2.83 bits per heavy atom. The van der Waals surface area contributed by atoms with Crippen molar-refractivity contribution in [3.05, 3.63) is 54.4 Å². The highest BCUT2D eigenvalue weighted by Gasteiger charge is 2.21. The van der Waals surface area contributed by atoms with Gasteiger partial charge < -0.3 is 14.3 Å². The Bertz CT molecular complexity index is 773. The summed E-state index contributed by atoms with van der Waals surface area (Å²) in [6.07, 6.45) is 4.90. The molecule has 9 nitrogen and oxygen atoms in total. The predicted octanol–water partition coefficient (Wildman–Crippen LogP) is 1.12. The van der Waals surface area contributed by atoms with E-state index < -0.39 is 11.8 Å². The maximum Gasteiger partial charge on any atom is 0.314 e. The molecule has 9 heteroatoms. The molecule has 0 bridgehead atoms. The molecule has 1 atom stereocenters. The fraction of sp³-hybridized carbons (Fsp3) is 0.200. The molecule has 124 valence electrons. The van der Waals surface area contributed by atoms with Gasteiger partial charge in [-0.05, 0) is 25.1 Å². The normalized spacial score (nSPS) is 11.9. The van der Waals surface area contributed by atoms with Crippen molar-refractivity contribution < 1.29 is 18.5 Å². The molecule has 24 heavy (non-hydrogen) atoms. The Kier molecular flexibility index (Phi) is 4.41. The van der Waals surface area contributed by atoms with E-state index in [1.54, 1.807) is 42.2 Å². The summed E-state index contributed by atoms with van der Waals surface area (Å²) in [7, 11) is 0. The number of nitrogens with zero attached hydrogens (tertiary/aromatic N) is 3. The van der Waals surface area contributed by atoms with E-state index in [0.717, 1.165) is 0 Å². The SMILES string of the molecule is Cc1cc(NC(=O)C(=O)NCC(c2ccco2)n2cccn2)no1. The van der Waals surface area contributed by atoms with Crippen LogP contribution in [0.25, 0.3) is 0 Å². The summed E-state index contributed by atoms with van der Waals surface area (Å²) >= 11 is 0. The second-order valence-electron chi connectivity index (χ2n) is 5.00. The molecular formula is C15H15N5O4. The molecule has 0 aromatic carbocycles. The first-order valence-corrected chi connectivity index (χ1v) is 7.18. The van der Waals surface area contributed by atoms with E-state index >= 15 is 0 Å². The third-order valence-electron chi connectivity index (χ3n) is 3.25. The van der Waals surface area contributed by atoms with E-state index in [9.17, 15) is 9.59 Å². The first-order valence-electron chi connectivity index (χ1n) is 7.18. The lowest BCUT2D eigenvalue weighted by Gasteiger charge is -2.15. The Morgan fingerprint density at radius 1 is 1.33 bits per heavy atom. The lowest BCUT2D eigenvalue weighted by molar-refractivity contribution is -0.136. The van der Waals surface area contributed by atoms with Gasteiger partial charge in [0, 0.05) is 25.0 Å². The van der Waals surface area contributed by atoms with Crippen molar-refractivity contribution in [3.8, 4) is 0 Å². The minimum absolute atomic E-state index is 0.138. The zero-order valence-electron chi connectivity index (χ0n) is 12.8. The third kappa shape index (κ3) is 3.51. The van der Waals surface area contributed by atoms with Crippen LogP contribution in [0.5, 0.6) is 0 Å². The fourth-order valence-electron chi connectivity index (χ4n) is 2.14. The van der Waals surface area contributed by atoms with Gasteiger partial charge in [-0.2, -0.15) is 5.10 Å². The summed E-state index contributed by atoms with van der Waals surface area (Å²) in [5, 5.41) is 12.7. The molecule has 3 aromatic heterocycles. The molecular weight excluding hydrogens is 314 g/mol. The van der Waals surface area contributed by atoms with Gasteiger partial charge in [-0.3, -0.25) is 19.6 Å². The van der Waals surface area contributed by atoms with Crippen molar-refractivity contribution in [3.63, 3.8) is 0 Å². The number of hydrogen-bond donors (Lipinski definition) is 2. The minimum atomic E-state index is -0.832. The summed E-state index contributed by atoms with van der Waals surface area (Å²) in [6.45, 7) is 1.82. The van der Waals surface area contributed by atoms with Crippen LogP contribution in [0.2, 0.25) is 0 Å². The minimum Gasteiger partial charge on any atom is -0.467 e. The van der Waals surface area contributed by atoms with Crippen LogP contribution >= 0.6 is 0 Å². The number of anilines is 1. The van der Waals surface area contributed by atoms with Gasteiger partial charge in [0.2, 0.25) is 0 Å². The Labute approximate surface area is 136 Å². The van der Waals surface area contributed by atoms with Gasteiger partial charge in [0.15, 0.2) is 5.82 Å². The summed E-state index contributed by atoms with van der Waals surface area (Å²) in [6, 6.07) is 6.43. The molecule has 2 N–H and O–H groups in total. The monoisotopic (exact) mass is 329 g/mol. The van der Waals surface area contributed by atoms with Gasteiger partial charge in [0.25, 0.3) is 0 Å². The molecule has 0 radical (unpaired) electrons. The number of aryl methyl sites for hydroxylation is 1. The number of aromatic nitrogens is 3. The van der Waals surface area contributed by atoms with E-state index in [2.05, 4.69) is 20.9 Å². The van der Waals surface area contributed by atoms with E-state index in [0.29, 0.717) is 11.5 Å². The summed E-state index contributed by atoms with van der Waals surface area (Å²) < 4.78 is 11.8. The van der Waals surface area contributed by atoms with Gasteiger partial charge in [-0.15, -0.1) is 0 Å². The van der Waals surface area contributed by atoms with Gasteiger partial charge in [-0.25, -0.2) is 0 Å². The van der Waals surface area contributed by atoms with Crippen molar-refractivity contribution in [2.24, 2.45) is 0 Å². The smallest absolute Gasteiger partial charge is 0.314 e. The van der Waals surface area contributed by atoms with Crippen LogP contribution in [0.3, 0.4) is 0 Å². The highest BCUT2D eigenvalue weighted by molar-refractivity contribution is 6.39. The van der Waals surface area contributed by atoms with Crippen LogP contribution in [-0.2, 0) is 9.59 Å². The Balaban J connectivity index is 1.62. The predicted molar refractivity (Wildman–Crippen MR) is 82.0 cm³/mol. The quantitative estimate of drug-likeness (QED) is 0.678. The van der Waals surface area contributed by atoms with Crippen molar-refractivity contribution in [1.82, 2.24) is 20.3 Å². The molecule has 0 fully saturated rings. The van der Waals surface area contributed by atoms with Crippen LogP contribution in [0.4, 0.5) is 5.82 Å². The first-order chi connectivity index (χ1) is 11.6. The van der Waals surface area contributed by atoms with Crippen molar-refractivity contribution >= 4 is 17.6 Å². The lowest BCUT2D eigenvalue weighted by Crippen LogP contribution is -2.39. The largest absolute Gasteiger partial charge is 0.467 e. The topological polar surface area (TPSA) is 115 Å². The maximum atomic E-state index is 12.0. The zero-order chi connectivity index (χ0) is 16.9. The highest BCUT2D eigenvalue weighted by atomic mass is 16.5. The lowest BCUT2D eigenvalue weighted by atomic mass is 10.2. The number of carbonyl (C=O) groups is 2. The standard InChI is InChI=1S/C15H15N5O4/c1-10-8-13(19-24-10)18-15(22)14(21)16-9-11(12-4-2-7-23-12)20-6-3-5-17-20/h2-8,11H,9H2,1H3,(H,16,21)(H,18,19,22). The fourth-order valence-corrected chi connectivity index (χ4v) is 2.14. The zero-order valence-corrected chi connectivity index (χ0v) is 12.8. The highest BCUT2D eigenvalue weighted by Crippen LogP contribution is 2.17. The van der Waals surface area contributed by atoms with Crippen LogP contribution in [0.1, 0.15) is 17.6 Å². The van der Waals surface area contributed by atoms with Gasteiger partial charge in [0.05, 0.1) is 6.26 Å². The number of hydrogen-bond acceptors (Lipinski definition) is 6. The summed E-state index contributed by atoms with van der Waals surface area (Å²) in [5.41, 5.74) is 0. The number of rotatable bonds is 5. The molecule has 2 amide bonds. The molecule has 0 spiro atoms. The molecule has 0 saturated carbocycles. The maximum absolute atomic E-state index is 12.0. The van der Waals surface area contributed by atoms with Crippen LogP contribution in [-0.4, -0.2) is 33.3 Å². The number of carbonyl (C=O) groups excluding carboxylic acids is 2. The second kappa shape index (κ2) is 6.82. The number of furan rings is 1. The molecule has 0 aliphatic heterocycles. The summed E-state index contributed by atoms with van der Waals surface area (Å²) in [4.78, 5) is 23.8. The molecule has 3 heterocycles. The molecule has 3 aromatic rings. The van der Waals surface area contributed by atoms with Gasteiger partial charge >= 0.3 is 11.8 Å². The van der Waals surface area contributed by atoms with Crippen LogP contribution < -0.4 is 10.6 Å². The third-order valence-corrected chi connectivity index (χ3v) is 3.25.